The first-order valence-electron chi connectivity index (χ1n) is 7.53. The number of nitrogens with one attached hydrogen (secondary N) is 1. The first kappa shape index (κ1) is 16.7. The Balaban J connectivity index is 2.53. The van der Waals surface area contributed by atoms with Crippen LogP contribution >= 0.6 is 0 Å². The number of pyridine rings is 1. The minimum Gasteiger partial charge on any atom is -0.383 e. The lowest BCUT2D eigenvalue weighted by Gasteiger charge is -2.31. The van der Waals surface area contributed by atoms with E-state index in [0.29, 0.717) is 35.4 Å². The third-order valence-corrected chi connectivity index (χ3v) is 3.84. The summed E-state index contributed by atoms with van der Waals surface area (Å²) in [5.41, 5.74) is 14.3. The van der Waals surface area contributed by atoms with Gasteiger partial charge in [0, 0.05) is 24.0 Å². The molecular formula is C16H23N7. The highest BCUT2D eigenvalue weighted by molar-refractivity contribution is 5.90. The van der Waals surface area contributed by atoms with Gasteiger partial charge in [0.15, 0.2) is 0 Å². The first-order chi connectivity index (χ1) is 10.9. The lowest BCUT2D eigenvalue weighted by Crippen LogP contribution is -2.30. The molecule has 7 nitrogen and oxygen atoms in total. The Labute approximate surface area is 136 Å². The second-order valence-electron chi connectivity index (χ2n) is 5.43. The smallest absolute Gasteiger partial charge is 0.143 e. The monoisotopic (exact) mass is 313 g/mol. The van der Waals surface area contributed by atoms with Gasteiger partial charge in [-0.1, -0.05) is 6.07 Å². The number of nitrogens with zero attached hydrogens (tertiary/aromatic N) is 4. The fourth-order valence-electron chi connectivity index (χ4n) is 2.66. The first-order valence-corrected chi connectivity index (χ1v) is 7.53. The van der Waals surface area contributed by atoms with Gasteiger partial charge < -0.3 is 21.8 Å². The van der Waals surface area contributed by atoms with Crippen molar-refractivity contribution in [3.63, 3.8) is 0 Å². The van der Waals surface area contributed by atoms with Crippen LogP contribution in [0.25, 0.3) is 0 Å². The summed E-state index contributed by atoms with van der Waals surface area (Å²) >= 11 is 0. The fraction of sp³-hybridized carbons (Fsp3) is 0.375. The zero-order valence-electron chi connectivity index (χ0n) is 14.0. The molecule has 7 heteroatoms. The molecule has 0 aliphatic rings. The number of anilines is 3. The maximum Gasteiger partial charge on any atom is 0.143 e. The molecule has 0 bridgehead atoms. The molecular weight excluding hydrogens is 290 g/mol. The molecule has 0 radical (unpaired) electrons. The van der Waals surface area contributed by atoms with E-state index in [1.54, 1.807) is 6.92 Å². The number of hydrogen-bond donors (Lipinski definition) is 3. The molecule has 1 unspecified atom stereocenters. The molecule has 0 aliphatic carbocycles. The van der Waals surface area contributed by atoms with Crippen molar-refractivity contribution in [1.82, 2.24) is 15.0 Å². The zero-order chi connectivity index (χ0) is 17.1. The van der Waals surface area contributed by atoms with Crippen LogP contribution in [0.3, 0.4) is 0 Å². The minimum atomic E-state index is -0.0551. The number of aromatic nitrogens is 3. The molecule has 2 aromatic heterocycles. The van der Waals surface area contributed by atoms with Crippen LogP contribution < -0.4 is 16.4 Å². The van der Waals surface area contributed by atoms with E-state index in [4.69, 9.17) is 16.9 Å². The Hall–Kier alpha value is -2.70. The zero-order valence-corrected chi connectivity index (χ0v) is 14.0. The Kier molecular flexibility index (Phi) is 4.78. The summed E-state index contributed by atoms with van der Waals surface area (Å²) in [5.74, 6) is 2.03. The van der Waals surface area contributed by atoms with Crippen molar-refractivity contribution in [2.24, 2.45) is 0 Å². The third kappa shape index (κ3) is 3.23. The van der Waals surface area contributed by atoms with Crippen LogP contribution in [0.4, 0.5) is 17.5 Å². The Morgan fingerprint density at radius 1 is 1.17 bits per heavy atom. The molecule has 0 amide bonds. The van der Waals surface area contributed by atoms with Crippen molar-refractivity contribution in [2.75, 3.05) is 22.9 Å². The second kappa shape index (κ2) is 6.60. The summed E-state index contributed by atoms with van der Waals surface area (Å²) in [6.45, 7) is 8.44. The van der Waals surface area contributed by atoms with Crippen LogP contribution in [0, 0.1) is 19.3 Å². The molecule has 0 spiro atoms. The molecule has 122 valence electrons. The number of nitrogen functional groups attached to an aromatic ring is 2. The molecule has 0 saturated heterocycles. The average Bonchev–Trinajstić information content (AvgIpc) is 2.47. The van der Waals surface area contributed by atoms with E-state index in [2.05, 4.69) is 15.0 Å². The van der Waals surface area contributed by atoms with E-state index in [-0.39, 0.29) is 6.04 Å². The highest BCUT2D eigenvalue weighted by atomic mass is 15.2. The summed E-state index contributed by atoms with van der Waals surface area (Å²) in [6.07, 6.45) is 1.19. The molecule has 1 atom stereocenters. The molecule has 2 aromatic rings. The van der Waals surface area contributed by atoms with Crippen LogP contribution in [0.1, 0.15) is 42.5 Å². The van der Waals surface area contributed by atoms with E-state index in [0.717, 1.165) is 11.3 Å². The summed E-state index contributed by atoms with van der Waals surface area (Å²) in [4.78, 5) is 15.0. The van der Waals surface area contributed by atoms with Gasteiger partial charge in [-0.15, -0.1) is 0 Å². The Morgan fingerprint density at radius 3 is 2.43 bits per heavy atom. The lowest BCUT2D eigenvalue weighted by molar-refractivity contribution is 0.676. The molecule has 5 N–H and O–H groups in total. The second-order valence-corrected chi connectivity index (χ2v) is 5.43. The topological polar surface area (TPSA) is 118 Å². The summed E-state index contributed by atoms with van der Waals surface area (Å²) in [6, 6.07) is 3.86. The van der Waals surface area contributed by atoms with Crippen molar-refractivity contribution in [3.05, 3.63) is 34.8 Å². The van der Waals surface area contributed by atoms with Crippen molar-refractivity contribution >= 4 is 23.7 Å². The molecule has 0 fully saturated rings. The van der Waals surface area contributed by atoms with Gasteiger partial charge in [0.2, 0.25) is 0 Å². The van der Waals surface area contributed by atoms with Gasteiger partial charge in [-0.2, -0.15) is 0 Å². The predicted octanol–water partition coefficient (Wildman–Crippen LogP) is 2.24. The van der Waals surface area contributed by atoms with Gasteiger partial charge in [0.05, 0.1) is 11.6 Å². The number of rotatable bonds is 5. The van der Waals surface area contributed by atoms with E-state index in [1.807, 2.05) is 37.8 Å². The van der Waals surface area contributed by atoms with Crippen LogP contribution in [-0.2, 0) is 0 Å². The van der Waals surface area contributed by atoms with Gasteiger partial charge in [-0.05, 0) is 33.8 Å². The van der Waals surface area contributed by atoms with Crippen molar-refractivity contribution in [2.45, 2.75) is 33.7 Å². The molecule has 0 saturated carbocycles. The third-order valence-electron chi connectivity index (χ3n) is 3.84. The van der Waals surface area contributed by atoms with Crippen LogP contribution in [0.2, 0.25) is 0 Å². The van der Waals surface area contributed by atoms with Gasteiger partial charge in [-0.25, -0.2) is 15.0 Å². The Bertz CT molecular complexity index is 727. The maximum atomic E-state index is 7.63. The normalized spacial score (nSPS) is 12.0. The molecule has 0 aromatic carbocycles. The van der Waals surface area contributed by atoms with Gasteiger partial charge in [-0.3, -0.25) is 0 Å². The number of hydrogen-bond acceptors (Lipinski definition) is 7. The standard InChI is InChI=1S/C16H23N7/c1-5-23(10(3)12-7-6-9(2)20-14(12)18)16-13(8-17)15(19)21-11(4)22-16/h6-8,10,17H,5H2,1-4H3,(H2,18,20)(H2,19,21,22). The molecule has 2 rings (SSSR count). The van der Waals surface area contributed by atoms with Crippen LogP contribution in [0.5, 0.6) is 0 Å². The van der Waals surface area contributed by atoms with Gasteiger partial charge in [0.25, 0.3) is 0 Å². The Morgan fingerprint density at radius 2 is 1.87 bits per heavy atom. The van der Waals surface area contributed by atoms with Crippen molar-refractivity contribution in [3.8, 4) is 0 Å². The maximum absolute atomic E-state index is 7.63. The van der Waals surface area contributed by atoms with E-state index >= 15 is 0 Å². The van der Waals surface area contributed by atoms with Crippen molar-refractivity contribution < 1.29 is 0 Å². The van der Waals surface area contributed by atoms with E-state index in [9.17, 15) is 0 Å². The summed E-state index contributed by atoms with van der Waals surface area (Å²) < 4.78 is 0. The lowest BCUT2D eigenvalue weighted by atomic mass is 10.1. The number of nitrogens with two attached hydrogens (primary N) is 2. The summed E-state index contributed by atoms with van der Waals surface area (Å²) in [5, 5.41) is 7.63. The quantitative estimate of drug-likeness (QED) is 0.729. The van der Waals surface area contributed by atoms with E-state index < -0.39 is 0 Å². The predicted molar refractivity (Wildman–Crippen MR) is 93.9 cm³/mol. The molecule has 2 heterocycles. The minimum absolute atomic E-state index is 0.0551. The van der Waals surface area contributed by atoms with Crippen LogP contribution in [-0.4, -0.2) is 27.7 Å². The number of aryl methyl sites for hydroxylation is 2. The molecule has 23 heavy (non-hydrogen) atoms. The highest BCUT2D eigenvalue weighted by Crippen LogP contribution is 2.31. The highest BCUT2D eigenvalue weighted by Gasteiger charge is 2.22. The van der Waals surface area contributed by atoms with Crippen LogP contribution in [0.15, 0.2) is 12.1 Å². The van der Waals surface area contributed by atoms with Gasteiger partial charge in [0.1, 0.15) is 23.3 Å². The SMILES string of the molecule is CCN(c1nc(C)nc(N)c1C=N)C(C)c1ccc(C)nc1N. The van der Waals surface area contributed by atoms with E-state index in [1.165, 1.54) is 6.21 Å². The summed E-state index contributed by atoms with van der Waals surface area (Å²) in [7, 11) is 0. The molecule has 0 aliphatic heterocycles. The fourth-order valence-corrected chi connectivity index (χ4v) is 2.66. The van der Waals surface area contributed by atoms with Gasteiger partial charge >= 0.3 is 0 Å². The van der Waals surface area contributed by atoms with Crippen molar-refractivity contribution in [1.29, 1.82) is 5.41 Å². The largest absolute Gasteiger partial charge is 0.383 e. The average molecular weight is 313 g/mol.